The first kappa shape index (κ1) is 26.9. The minimum Gasteiger partial charge on any atom is -1.00 e. The van der Waals surface area contributed by atoms with Gasteiger partial charge in [0.15, 0.2) is 0 Å². The molecule has 0 unspecified atom stereocenters. The normalized spacial score (nSPS) is 10.4. The van der Waals surface area contributed by atoms with Crippen molar-refractivity contribution in [1.82, 2.24) is 0 Å². The minimum absolute atomic E-state index is 0. The second-order valence-corrected chi connectivity index (χ2v) is 8.40. The van der Waals surface area contributed by atoms with E-state index in [-0.39, 0.29) is 4.70 Å². The number of halogens is 4. The van der Waals surface area contributed by atoms with Crippen molar-refractivity contribution in [3.8, 4) is 0 Å². The Morgan fingerprint density at radius 1 is 0.893 bits per heavy atom. The van der Waals surface area contributed by atoms with Crippen LogP contribution < -0.4 is 9.27 Å². The molecule has 0 aliphatic heterocycles. The summed E-state index contributed by atoms with van der Waals surface area (Å²) in [6, 6.07) is 7.02. The SMILES string of the molecule is CCCCCCCCCCCCc1ccc2c(c1)sc(C)[n+]2C.FB(F)F.[F-]. The van der Waals surface area contributed by atoms with Crippen LogP contribution in [0.2, 0.25) is 0 Å². The van der Waals surface area contributed by atoms with Crippen molar-refractivity contribution in [2.45, 2.75) is 84.5 Å². The summed E-state index contributed by atoms with van der Waals surface area (Å²) in [6.45, 7) is 4.49. The Morgan fingerprint density at radius 3 is 1.93 bits per heavy atom. The molecule has 0 fully saturated rings. The van der Waals surface area contributed by atoms with Crippen molar-refractivity contribution in [1.29, 1.82) is 0 Å². The van der Waals surface area contributed by atoms with E-state index in [9.17, 15) is 12.9 Å². The Morgan fingerprint density at radius 2 is 1.39 bits per heavy atom. The summed E-state index contributed by atoms with van der Waals surface area (Å²) in [5, 5.41) is 1.39. The van der Waals surface area contributed by atoms with Crippen molar-refractivity contribution in [2.24, 2.45) is 7.05 Å². The summed E-state index contributed by atoms with van der Waals surface area (Å²) in [6.07, 6.45) is 15.4. The van der Waals surface area contributed by atoms with Gasteiger partial charge < -0.3 is 4.70 Å². The van der Waals surface area contributed by atoms with Crippen molar-refractivity contribution < 1.29 is 22.2 Å². The van der Waals surface area contributed by atoms with E-state index in [1.54, 1.807) is 0 Å². The molecule has 2 aromatic rings. The first-order valence-electron chi connectivity index (χ1n) is 10.3. The van der Waals surface area contributed by atoms with Gasteiger partial charge in [0.05, 0.1) is 0 Å². The number of hydrogen-bond donors (Lipinski definition) is 0. The molecule has 0 spiro atoms. The average molecular weight is 419 g/mol. The molecule has 0 N–H and O–H groups in total. The number of thiazole rings is 1. The Balaban J connectivity index is 0.00000133. The van der Waals surface area contributed by atoms with Crippen LogP contribution in [0.5, 0.6) is 0 Å². The van der Waals surface area contributed by atoms with Gasteiger partial charge in [-0.2, -0.15) is 4.57 Å². The lowest BCUT2D eigenvalue weighted by molar-refractivity contribution is -0.646. The number of unbranched alkanes of at least 4 members (excludes halogenated alkanes) is 9. The number of aromatic nitrogens is 1. The Labute approximate surface area is 171 Å². The summed E-state index contributed by atoms with van der Waals surface area (Å²) < 4.78 is 32.7. The highest BCUT2D eigenvalue weighted by atomic mass is 32.1. The summed E-state index contributed by atoms with van der Waals surface area (Å²) in [5.74, 6) is 0. The average Bonchev–Trinajstić information content (AvgIpc) is 2.90. The highest BCUT2D eigenvalue weighted by Gasteiger charge is 2.12. The third kappa shape index (κ3) is 11.0. The molecule has 160 valence electrons. The Kier molecular flexibility index (Phi) is 15.2. The number of fused-ring (bicyclic) bond motifs is 1. The predicted molar refractivity (Wildman–Crippen MR) is 112 cm³/mol. The third-order valence-electron chi connectivity index (χ3n) is 4.93. The minimum atomic E-state index is -3.67. The van der Waals surface area contributed by atoms with Crippen molar-refractivity contribution >= 4 is 29.1 Å². The molecule has 1 nitrogen and oxygen atoms in total. The van der Waals surface area contributed by atoms with Gasteiger partial charge in [-0.05, 0) is 24.5 Å². The molecule has 0 atom stereocenters. The maximum atomic E-state index is 9.67. The molecule has 2 rings (SSSR count). The van der Waals surface area contributed by atoms with Crippen LogP contribution in [0.25, 0.3) is 10.2 Å². The molecule has 0 saturated carbocycles. The lowest BCUT2D eigenvalue weighted by Crippen LogP contribution is -3.00. The van der Waals surface area contributed by atoms with Crippen LogP contribution in [0.4, 0.5) is 12.9 Å². The number of aryl methyl sites for hydroxylation is 3. The second kappa shape index (κ2) is 15.8. The van der Waals surface area contributed by atoms with Crippen LogP contribution in [0.3, 0.4) is 0 Å². The van der Waals surface area contributed by atoms with E-state index in [0.29, 0.717) is 0 Å². The van der Waals surface area contributed by atoms with Crippen LogP contribution in [-0.2, 0) is 13.5 Å². The quantitative estimate of drug-likeness (QED) is 0.220. The molecule has 28 heavy (non-hydrogen) atoms. The van der Waals surface area contributed by atoms with Crippen molar-refractivity contribution in [3.63, 3.8) is 0 Å². The van der Waals surface area contributed by atoms with Gasteiger partial charge in [-0.3, -0.25) is 12.9 Å². The van der Waals surface area contributed by atoms with E-state index in [1.807, 2.05) is 11.3 Å². The van der Waals surface area contributed by atoms with Gasteiger partial charge in [-0.15, -0.1) is 0 Å². The molecule has 7 heteroatoms. The number of rotatable bonds is 11. The van der Waals surface area contributed by atoms with E-state index in [0.717, 1.165) is 0 Å². The van der Waals surface area contributed by atoms with E-state index in [1.165, 1.54) is 91.4 Å². The monoisotopic (exact) mass is 419 g/mol. The smallest absolute Gasteiger partial charge is 0.762 e. The number of benzene rings is 1. The van der Waals surface area contributed by atoms with Gasteiger partial charge in [0.2, 0.25) is 10.5 Å². The highest BCUT2D eigenvalue weighted by Crippen LogP contribution is 2.22. The van der Waals surface area contributed by atoms with Crippen LogP contribution in [-0.4, -0.2) is 7.54 Å². The third-order valence-corrected chi connectivity index (χ3v) is 6.05. The fourth-order valence-corrected chi connectivity index (χ4v) is 4.36. The fourth-order valence-electron chi connectivity index (χ4n) is 3.29. The van der Waals surface area contributed by atoms with E-state index < -0.39 is 7.54 Å². The zero-order chi connectivity index (χ0) is 20.1. The molecule has 0 saturated heterocycles. The standard InChI is InChI=1S/C21H34NS.BF3.FH/c1-4-5-6-7-8-9-10-11-12-13-14-19-15-16-20-21(17-19)23-18(2)22(20)3;2-1(3)4;/h15-17H,4-14H2,1-3H3;;1H/q+1;;/p-1. The Hall–Kier alpha value is -1.11. The maximum Gasteiger partial charge on any atom is 0.762 e. The van der Waals surface area contributed by atoms with Gasteiger partial charge in [-0.25, -0.2) is 0 Å². The van der Waals surface area contributed by atoms with Crippen molar-refractivity contribution in [2.75, 3.05) is 0 Å². The molecular weight excluding hydrogens is 385 g/mol. The summed E-state index contributed by atoms with van der Waals surface area (Å²) in [7, 11) is -1.50. The first-order chi connectivity index (χ1) is 13.0. The summed E-state index contributed by atoms with van der Waals surface area (Å²) in [4.78, 5) is 0. The zero-order valence-electron chi connectivity index (χ0n) is 17.5. The van der Waals surface area contributed by atoms with E-state index >= 15 is 0 Å². The second-order valence-electron chi connectivity index (χ2n) is 7.16. The number of nitrogens with zero attached hydrogens (tertiary/aromatic N) is 1. The molecule has 1 aromatic carbocycles. The molecule has 0 bridgehead atoms. The maximum absolute atomic E-state index is 9.67. The first-order valence-corrected chi connectivity index (χ1v) is 11.1. The van der Waals surface area contributed by atoms with E-state index in [2.05, 4.69) is 43.7 Å². The fraction of sp³-hybridized carbons (Fsp3) is 0.667. The molecule has 0 radical (unpaired) electrons. The van der Waals surface area contributed by atoms with Gasteiger partial charge >= 0.3 is 7.54 Å². The molecule has 0 amide bonds. The molecule has 1 heterocycles. The Bertz CT molecular complexity index is 646. The molecule has 0 aliphatic rings. The van der Waals surface area contributed by atoms with Crippen molar-refractivity contribution in [3.05, 3.63) is 28.8 Å². The van der Waals surface area contributed by atoms with Crippen LogP contribution in [0, 0.1) is 6.92 Å². The molecule has 0 aliphatic carbocycles. The lowest BCUT2D eigenvalue weighted by atomic mass is 10.0. The summed E-state index contributed by atoms with van der Waals surface area (Å²) in [5.41, 5.74) is 2.89. The summed E-state index contributed by atoms with van der Waals surface area (Å²) >= 11 is 1.91. The number of hydrogen-bond acceptors (Lipinski definition) is 1. The predicted octanol–water partition coefficient (Wildman–Crippen LogP) is 4.38. The van der Waals surface area contributed by atoms with Gasteiger partial charge in [0.1, 0.15) is 11.7 Å². The zero-order valence-corrected chi connectivity index (χ0v) is 18.3. The molecule has 1 aromatic heterocycles. The van der Waals surface area contributed by atoms with E-state index in [4.69, 9.17) is 0 Å². The van der Waals surface area contributed by atoms with Crippen LogP contribution >= 0.6 is 11.3 Å². The van der Waals surface area contributed by atoms with Gasteiger partial charge in [0, 0.05) is 13.0 Å². The largest absolute Gasteiger partial charge is 1.00 e. The van der Waals surface area contributed by atoms with Crippen LogP contribution in [0.15, 0.2) is 18.2 Å². The van der Waals surface area contributed by atoms with Crippen LogP contribution in [0.1, 0.15) is 81.7 Å². The van der Waals surface area contributed by atoms with Gasteiger partial charge in [-0.1, -0.05) is 82.1 Å². The van der Waals surface area contributed by atoms with Gasteiger partial charge in [0.25, 0.3) is 0 Å². The topological polar surface area (TPSA) is 3.88 Å². The lowest BCUT2D eigenvalue weighted by Gasteiger charge is -2.03. The molecular formula is C21H34BF4NS. The highest BCUT2D eigenvalue weighted by molar-refractivity contribution is 7.18.